The molecule has 1 saturated carbocycles. The van der Waals surface area contributed by atoms with Crippen LogP contribution in [0.15, 0.2) is 18.5 Å². The van der Waals surface area contributed by atoms with E-state index >= 15 is 0 Å². The van der Waals surface area contributed by atoms with Crippen LogP contribution in [-0.4, -0.2) is 35.1 Å². The second-order valence-electron chi connectivity index (χ2n) is 4.42. The maximum atomic E-state index is 11.7. The summed E-state index contributed by atoms with van der Waals surface area (Å²) in [6.07, 6.45) is 5.47. The lowest BCUT2D eigenvalue weighted by atomic mass is 10.2. The van der Waals surface area contributed by atoms with Crippen LogP contribution in [0.3, 0.4) is 0 Å². The molecule has 1 aliphatic carbocycles. The minimum Gasteiger partial charge on any atom is -0.465 e. The fourth-order valence-electron chi connectivity index (χ4n) is 1.97. The lowest BCUT2D eigenvalue weighted by molar-refractivity contribution is -0.141. The van der Waals surface area contributed by atoms with Crippen molar-refractivity contribution in [3.8, 4) is 0 Å². The number of thiocarbonyl (C=S) groups is 1. The van der Waals surface area contributed by atoms with Gasteiger partial charge in [0.25, 0.3) is 0 Å². The molecule has 1 fully saturated rings. The van der Waals surface area contributed by atoms with Gasteiger partial charge in [-0.2, -0.15) is 0 Å². The number of ether oxygens (including phenoxy) is 1. The van der Waals surface area contributed by atoms with Gasteiger partial charge in [-0.15, -0.1) is 0 Å². The molecule has 19 heavy (non-hydrogen) atoms. The third kappa shape index (κ3) is 3.41. The number of pyridine rings is 1. The molecular formula is C13H17N3O2S. The summed E-state index contributed by atoms with van der Waals surface area (Å²) in [6, 6.07) is 2.12. The Morgan fingerprint density at radius 2 is 2.37 bits per heavy atom. The Morgan fingerprint density at radius 3 is 2.95 bits per heavy atom. The maximum absolute atomic E-state index is 11.7. The summed E-state index contributed by atoms with van der Waals surface area (Å²) >= 11 is 5.05. The molecule has 0 spiro atoms. The van der Waals surface area contributed by atoms with Crippen molar-refractivity contribution in [3.05, 3.63) is 24.0 Å². The molecule has 0 unspecified atom stereocenters. The van der Waals surface area contributed by atoms with Gasteiger partial charge < -0.3 is 15.4 Å². The molecule has 5 nitrogen and oxygen atoms in total. The van der Waals surface area contributed by atoms with Crippen molar-refractivity contribution < 1.29 is 9.53 Å². The number of carbonyl (C=O) groups is 1. The Hall–Kier alpha value is -1.69. The Morgan fingerprint density at radius 1 is 1.63 bits per heavy atom. The Balaban J connectivity index is 2.24. The maximum Gasteiger partial charge on any atom is 0.325 e. The lowest BCUT2D eigenvalue weighted by Gasteiger charge is -2.25. The number of aromatic nitrogens is 1. The van der Waals surface area contributed by atoms with Crippen LogP contribution in [0, 0.1) is 0 Å². The lowest BCUT2D eigenvalue weighted by Crippen LogP contribution is -2.34. The first-order valence-corrected chi connectivity index (χ1v) is 6.70. The average Bonchev–Trinajstić information content (AvgIpc) is 3.20. The summed E-state index contributed by atoms with van der Waals surface area (Å²) < 4.78 is 5.01. The smallest absolute Gasteiger partial charge is 0.325 e. The molecule has 0 atom stereocenters. The van der Waals surface area contributed by atoms with Gasteiger partial charge in [0.15, 0.2) is 0 Å². The molecule has 2 N–H and O–H groups in total. The largest absolute Gasteiger partial charge is 0.465 e. The van der Waals surface area contributed by atoms with E-state index in [0.717, 1.165) is 24.1 Å². The molecule has 102 valence electrons. The van der Waals surface area contributed by atoms with Crippen molar-refractivity contribution in [1.82, 2.24) is 4.98 Å². The first-order chi connectivity index (χ1) is 9.13. The zero-order chi connectivity index (χ0) is 13.8. The van der Waals surface area contributed by atoms with E-state index in [2.05, 4.69) is 4.98 Å². The zero-order valence-electron chi connectivity index (χ0n) is 10.8. The first-order valence-electron chi connectivity index (χ1n) is 6.29. The van der Waals surface area contributed by atoms with Gasteiger partial charge in [0.1, 0.15) is 11.5 Å². The van der Waals surface area contributed by atoms with Crippen molar-refractivity contribution in [3.63, 3.8) is 0 Å². The standard InChI is InChI=1S/C13H17N3O2S/c1-2-18-12(17)8-16(9-3-4-9)11-7-15-6-5-10(11)13(14)19/h5-7,9H,2-4,8H2,1H3,(H2,14,19). The molecule has 0 saturated heterocycles. The SMILES string of the molecule is CCOC(=O)CN(c1cnccc1C(N)=S)C1CC1. The van der Waals surface area contributed by atoms with Crippen LogP contribution in [0.5, 0.6) is 0 Å². The number of carbonyl (C=O) groups excluding carboxylic acids is 1. The van der Waals surface area contributed by atoms with Crippen molar-refractivity contribution in [2.75, 3.05) is 18.1 Å². The first kappa shape index (κ1) is 13.7. The van der Waals surface area contributed by atoms with E-state index in [1.165, 1.54) is 0 Å². The summed E-state index contributed by atoms with van der Waals surface area (Å²) in [5.41, 5.74) is 7.29. The van der Waals surface area contributed by atoms with Crippen molar-refractivity contribution in [1.29, 1.82) is 0 Å². The van der Waals surface area contributed by atoms with E-state index in [0.29, 0.717) is 17.6 Å². The molecule has 1 heterocycles. The van der Waals surface area contributed by atoms with E-state index in [4.69, 9.17) is 22.7 Å². The van der Waals surface area contributed by atoms with Crippen LogP contribution in [-0.2, 0) is 9.53 Å². The summed E-state index contributed by atoms with van der Waals surface area (Å²) in [5.74, 6) is -0.243. The Bertz CT molecular complexity index is 489. The predicted molar refractivity (Wildman–Crippen MR) is 77.1 cm³/mol. The normalized spacial score (nSPS) is 13.9. The molecule has 0 aliphatic heterocycles. The van der Waals surface area contributed by atoms with Gasteiger partial charge in [-0.05, 0) is 25.8 Å². The van der Waals surface area contributed by atoms with Crippen molar-refractivity contribution in [2.45, 2.75) is 25.8 Å². The topological polar surface area (TPSA) is 68.5 Å². The van der Waals surface area contributed by atoms with E-state index < -0.39 is 0 Å². The van der Waals surface area contributed by atoms with E-state index in [-0.39, 0.29) is 12.5 Å². The van der Waals surface area contributed by atoms with Crippen LogP contribution in [0.1, 0.15) is 25.3 Å². The molecule has 0 bridgehead atoms. The number of anilines is 1. The summed E-state index contributed by atoms with van der Waals surface area (Å²) in [5, 5.41) is 0. The number of rotatable bonds is 6. The molecule has 0 amide bonds. The third-order valence-corrected chi connectivity index (χ3v) is 3.19. The molecule has 1 aliphatic rings. The minimum atomic E-state index is -0.243. The van der Waals surface area contributed by atoms with Gasteiger partial charge in [0.05, 0.1) is 18.5 Å². The van der Waals surface area contributed by atoms with Gasteiger partial charge in [0, 0.05) is 17.8 Å². The van der Waals surface area contributed by atoms with E-state index in [9.17, 15) is 4.79 Å². The average molecular weight is 279 g/mol. The molecular weight excluding hydrogens is 262 g/mol. The minimum absolute atomic E-state index is 0.208. The highest BCUT2D eigenvalue weighted by atomic mass is 32.1. The molecule has 1 aromatic heterocycles. The number of nitrogens with zero attached hydrogens (tertiary/aromatic N) is 2. The molecule has 0 radical (unpaired) electrons. The molecule has 2 rings (SSSR count). The van der Waals surface area contributed by atoms with Gasteiger partial charge >= 0.3 is 5.97 Å². The number of nitrogens with two attached hydrogens (primary N) is 1. The summed E-state index contributed by atoms with van der Waals surface area (Å²) in [4.78, 5) is 18.1. The van der Waals surface area contributed by atoms with Gasteiger partial charge in [-0.1, -0.05) is 12.2 Å². The highest BCUT2D eigenvalue weighted by molar-refractivity contribution is 7.80. The quantitative estimate of drug-likeness (QED) is 0.624. The Kier molecular flexibility index (Phi) is 4.31. The highest BCUT2D eigenvalue weighted by Gasteiger charge is 2.32. The molecule has 6 heteroatoms. The second-order valence-corrected chi connectivity index (χ2v) is 4.86. The summed E-state index contributed by atoms with van der Waals surface area (Å²) in [6.45, 7) is 2.39. The fraction of sp³-hybridized carbons (Fsp3) is 0.462. The van der Waals surface area contributed by atoms with E-state index in [1.54, 1.807) is 25.4 Å². The molecule has 0 aromatic carbocycles. The van der Waals surface area contributed by atoms with E-state index in [1.807, 2.05) is 4.90 Å². The third-order valence-electron chi connectivity index (χ3n) is 2.97. The number of esters is 1. The fourth-order valence-corrected chi connectivity index (χ4v) is 2.14. The molecule has 1 aromatic rings. The van der Waals surface area contributed by atoms with Crippen molar-refractivity contribution in [2.24, 2.45) is 5.73 Å². The van der Waals surface area contributed by atoms with Crippen LogP contribution < -0.4 is 10.6 Å². The van der Waals surface area contributed by atoms with Gasteiger partial charge in [-0.25, -0.2) is 0 Å². The summed E-state index contributed by atoms with van der Waals surface area (Å²) in [7, 11) is 0. The zero-order valence-corrected chi connectivity index (χ0v) is 11.7. The van der Waals surface area contributed by atoms with Crippen LogP contribution in [0.2, 0.25) is 0 Å². The highest BCUT2D eigenvalue weighted by Crippen LogP contribution is 2.33. The van der Waals surface area contributed by atoms with Crippen molar-refractivity contribution >= 4 is 28.9 Å². The number of hydrogen-bond donors (Lipinski definition) is 1. The van der Waals surface area contributed by atoms with Crippen LogP contribution in [0.25, 0.3) is 0 Å². The van der Waals surface area contributed by atoms with Crippen LogP contribution in [0.4, 0.5) is 5.69 Å². The second kappa shape index (κ2) is 5.97. The number of hydrogen-bond acceptors (Lipinski definition) is 5. The van der Waals surface area contributed by atoms with Gasteiger partial charge in [0.2, 0.25) is 0 Å². The van der Waals surface area contributed by atoms with Gasteiger partial charge in [-0.3, -0.25) is 9.78 Å². The van der Waals surface area contributed by atoms with Crippen LogP contribution >= 0.6 is 12.2 Å². The monoisotopic (exact) mass is 279 g/mol. The Labute approximate surface area is 117 Å². The predicted octanol–water partition coefficient (Wildman–Crippen LogP) is 1.25.